The molecule has 0 radical (unpaired) electrons. The highest BCUT2D eigenvalue weighted by Crippen LogP contribution is 2.23. The molecule has 0 saturated heterocycles. The highest BCUT2D eigenvalue weighted by atomic mass is 35.5. The summed E-state index contributed by atoms with van der Waals surface area (Å²) in [6.07, 6.45) is 1.55. The molecular formula is C13H11Cl2N3O2S. The normalized spacial score (nSPS) is 10.9. The number of anilines is 1. The van der Waals surface area contributed by atoms with Crippen LogP contribution in [0.25, 0.3) is 0 Å². The first-order valence-corrected chi connectivity index (χ1v) is 7.38. The molecule has 8 heteroatoms. The van der Waals surface area contributed by atoms with Crippen molar-refractivity contribution in [2.24, 2.45) is 5.10 Å². The Morgan fingerprint density at radius 3 is 2.90 bits per heavy atom. The van der Waals surface area contributed by atoms with Crippen molar-refractivity contribution in [1.82, 2.24) is 4.98 Å². The van der Waals surface area contributed by atoms with Crippen molar-refractivity contribution in [3.05, 3.63) is 44.4 Å². The third kappa shape index (κ3) is 3.93. The lowest BCUT2D eigenvalue weighted by molar-refractivity contribution is 0.0605. The van der Waals surface area contributed by atoms with Crippen molar-refractivity contribution >= 4 is 51.9 Å². The molecule has 0 unspecified atom stereocenters. The summed E-state index contributed by atoms with van der Waals surface area (Å²) in [5.41, 5.74) is 4.06. The molecule has 0 bridgehead atoms. The van der Waals surface area contributed by atoms with E-state index in [0.29, 0.717) is 25.7 Å². The van der Waals surface area contributed by atoms with Crippen LogP contribution in [0.15, 0.2) is 23.3 Å². The van der Waals surface area contributed by atoms with Crippen LogP contribution in [-0.4, -0.2) is 24.3 Å². The van der Waals surface area contributed by atoms with Crippen LogP contribution >= 0.6 is 34.5 Å². The fourth-order valence-corrected chi connectivity index (χ4v) is 2.78. The van der Waals surface area contributed by atoms with Gasteiger partial charge in [0.2, 0.25) is 5.13 Å². The van der Waals surface area contributed by atoms with Crippen LogP contribution in [0.5, 0.6) is 0 Å². The van der Waals surface area contributed by atoms with Gasteiger partial charge in [-0.05, 0) is 19.1 Å². The monoisotopic (exact) mass is 343 g/mol. The molecule has 21 heavy (non-hydrogen) atoms. The Morgan fingerprint density at radius 1 is 1.48 bits per heavy atom. The molecule has 0 spiro atoms. The average molecular weight is 344 g/mol. The van der Waals surface area contributed by atoms with Crippen LogP contribution in [0.2, 0.25) is 10.0 Å². The predicted octanol–water partition coefficient (Wildman–Crippen LogP) is 3.99. The lowest BCUT2D eigenvalue weighted by Gasteiger charge is -1.98. The number of hydrazone groups is 1. The van der Waals surface area contributed by atoms with E-state index in [9.17, 15) is 4.79 Å². The Morgan fingerprint density at radius 2 is 2.24 bits per heavy atom. The van der Waals surface area contributed by atoms with Crippen LogP contribution in [-0.2, 0) is 4.74 Å². The quantitative estimate of drug-likeness (QED) is 0.517. The number of halogens is 2. The average Bonchev–Trinajstić information content (AvgIpc) is 2.81. The summed E-state index contributed by atoms with van der Waals surface area (Å²) in [6.45, 7) is 1.73. The maximum absolute atomic E-state index is 11.5. The van der Waals surface area contributed by atoms with Gasteiger partial charge in [-0.1, -0.05) is 40.6 Å². The summed E-state index contributed by atoms with van der Waals surface area (Å²) in [4.78, 5) is 16.1. The first-order chi connectivity index (χ1) is 10.0. The maximum atomic E-state index is 11.5. The van der Waals surface area contributed by atoms with Crippen molar-refractivity contribution in [2.75, 3.05) is 12.5 Å². The van der Waals surface area contributed by atoms with E-state index < -0.39 is 5.97 Å². The molecule has 0 aliphatic heterocycles. The smallest absolute Gasteiger partial charge is 0.350 e. The topological polar surface area (TPSA) is 63.6 Å². The van der Waals surface area contributed by atoms with Crippen molar-refractivity contribution in [3.63, 3.8) is 0 Å². The number of hydrogen-bond donors (Lipinski definition) is 1. The number of ether oxygens (including phenoxy) is 1. The summed E-state index contributed by atoms with van der Waals surface area (Å²) in [5.74, 6) is -0.414. The minimum Gasteiger partial charge on any atom is -0.465 e. The van der Waals surface area contributed by atoms with E-state index in [1.807, 2.05) is 0 Å². The molecule has 1 aromatic heterocycles. The van der Waals surface area contributed by atoms with Crippen LogP contribution in [0.1, 0.15) is 20.9 Å². The second kappa shape index (κ2) is 6.89. The highest BCUT2D eigenvalue weighted by molar-refractivity contribution is 7.17. The van der Waals surface area contributed by atoms with E-state index in [1.165, 1.54) is 18.4 Å². The van der Waals surface area contributed by atoms with Gasteiger partial charge in [-0.25, -0.2) is 9.78 Å². The molecule has 1 N–H and O–H groups in total. The van der Waals surface area contributed by atoms with Gasteiger partial charge in [0.25, 0.3) is 0 Å². The molecule has 0 saturated carbocycles. The Balaban J connectivity index is 2.09. The van der Waals surface area contributed by atoms with Gasteiger partial charge in [0, 0.05) is 10.6 Å². The number of nitrogens with zero attached hydrogens (tertiary/aromatic N) is 2. The zero-order valence-electron chi connectivity index (χ0n) is 11.2. The third-order valence-electron chi connectivity index (χ3n) is 2.49. The molecule has 2 aromatic rings. The van der Waals surface area contributed by atoms with Crippen LogP contribution in [0.3, 0.4) is 0 Å². The van der Waals surface area contributed by atoms with E-state index in [-0.39, 0.29) is 0 Å². The number of aromatic nitrogens is 1. The zero-order chi connectivity index (χ0) is 15.4. The molecule has 0 amide bonds. The SMILES string of the molecule is COC(=O)c1sc(N/N=C\c2ccc(Cl)cc2Cl)nc1C. The summed E-state index contributed by atoms with van der Waals surface area (Å²) in [7, 11) is 1.33. The lowest BCUT2D eigenvalue weighted by atomic mass is 10.2. The standard InChI is InChI=1S/C13H11Cl2N3O2S/c1-7-11(12(19)20-2)21-13(17-7)18-16-6-8-3-4-9(14)5-10(8)15/h3-6H,1-2H3,(H,17,18)/b16-6-. The number of methoxy groups -OCH3 is 1. The number of hydrogen-bond acceptors (Lipinski definition) is 6. The Bertz CT molecular complexity index is 701. The van der Waals surface area contributed by atoms with Gasteiger partial charge in [-0.15, -0.1) is 0 Å². The minimum atomic E-state index is -0.414. The van der Waals surface area contributed by atoms with E-state index >= 15 is 0 Å². The minimum absolute atomic E-state index is 0.414. The van der Waals surface area contributed by atoms with E-state index in [4.69, 9.17) is 23.2 Å². The van der Waals surface area contributed by atoms with Crippen LogP contribution in [0.4, 0.5) is 5.13 Å². The van der Waals surface area contributed by atoms with Gasteiger partial charge in [0.05, 0.1) is 24.0 Å². The number of thiazole rings is 1. The number of benzene rings is 1. The zero-order valence-corrected chi connectivity index (χ0v) is 13.5. The van der Waals surface area contributed by atoms with Gasteiger partial charge in [-0.2, -0.15) is 5.10 Å². The second-order valence-corrected chi connectivity index (χ2v) is 5.80. The number of carbonyl (C=O) groups is 1. The number of aryl methyl sites for hydroxylation is 1. The largest absolute Gasteiger partial charge is 0.465 e. The molecule has 0 atom stereocenters. The van der Waals surface area contributed by atoms with Gasteiger partial charge in [0.1, 0.15) is 4.88 Å². The first-order valence-electron chi connectivity index (χ1n) is 5.81. The summed E-state index contributed by atoms with van der Waals surface area (Å²) in [6, 6.07) is 5.11. The molecule has 5 nitrogen and oxygen atoms in total. The molecular weight excluding hydrogens is 333 g/mol. The first kappa shape index (κ1) is 15.8. The van der Waals surface area contributed by atoms with Gasteiger partial charge >= 0.3 is 5.97 Å². The maximum Gasteiger partial charge on any atom is 0.350 e. The molecule has 0 fully saturated rings. The summed E-state index contributed by atoms with van der Waals surface area (Å²) >= 11 is 13.0. The summed E-state index contributed by atoms with van der Waals surface area (Å²) < 4.78 is 4.67. The Kier molecular flexibility index (Phi) is 5.17. The van der Waals surface area contributed by atoms with Gasteiger partial charge < -0.3 is 4.74 Å². The Hall–Kier alpha value is -1.63. The Labute approximate surface area is 135 Å². The molecule has 0 aliphatic rings. The fourth-order valence-electron chi connectivity index (χ4n) is 1.49. The number of rotatable bonds is 4. The van der Waals surface area contributed by atoms with Gasteiger partial charge in [-0.3, -0.25) is 5.43 Å². The third-order valence-corrected chi connectivity index (χ3v) is 4.10. The number of esters is 1. The molecule has 1 heterocycles. The van der Waals surface area contributed by atoms with Crippen molar-refractivity contribution < 1.29 is 9.53 Å². The van der Waals surface area contributed by atoms with Crippen molar-refractivity contribution in [2.45, 2.75) is 6.92 Å². The molecule has 2 rings (SSSR count). The fraction of sp³-hybridized carbons (Fsp3) is 0.154. The lowest BCUT2D eigenvalue weighted by Crippen LogP contribution is -1.99. The number of carbonyl (C=O) groups excluding carboxylic acids is 1. The molecule has 0 aliphatic carbocycles. The molecule has 110 valence electrons. The molecule has 1 aromatic carbocycles. The van der Waals surface area contributed by atoms with Gasteiger partial charge in [0.15, 0.2) is 0 Å². The van der Waals surface area contributed by atoms with Crippen LogP contribution in [0, 0.1) is 6.92 Å². The predicted molar refractivity (Wildman–Crippen MR) is 85.9 cm³/mol. The van der Waals surface area contributed by atoms with Crippen molar-refractivity contribution in [3.8, 4) is 0 Å². The second-order valence-electron chi connectivity index (χ2n) is 3.96. The van der Waals surface area contributed by atoms with E-state index in [1.54, 1.807) is 31.3 Å². The summed E-state index contributed by atoms with van der Waals surface area (Å²) in [5, 5.41) is 5.59. The van der Waals surface area contributed by atoms with Crippen LogP contribution < -0.4 is 5.43 Å². The van der Waals surface area contributed by atoms with E-state index in [0.717, 1.165) is 5.56 Å². The number of nitrogens with one attached hydrogen (secondary N) is 1. The van der Waals surface area contributed by atoms with Crippen molar-refractivity contribution in [1.29, 1.82) is 0 Å². The van der Waals surface area contributed by atoms with E-state index in [2.05, 4.69) is 20.2 Å². The highest BCUT2D eigenvalue weighted by Gasteiger charge is 2.15.